The molecular weight excluding hydrogens is 170 g/mol. The van der Waals surface area contributed by atoms with E-state index >= 15 is 0 Å². The lowest BCUT2D eigenvalue weighted by atomic mass is 9.81. The van der Waals surface area contributed by atoms with E-state index in [-0.39, 0.29) is 0 Å². The molecular formula is C13H21N. The zero-order chi connectivity index (χ0) is 10.1. The molecule has 2 rings (SSSR count). The van der Waals surface area contributed by atoms with E-state index in [4.69, 9.17) is 0 Å². The van der Waals surface area contributed by atoms with Crippen molar-refractivity contribution in [2.75, 3.05) is 13.6 Å². The minimum absolute atomic E-state index is 0.649. The highest BCUT2D eigenvalue weighted by Crippen LogP contribution is 2.32. The third kappa shape index (κ3) is 1.78. The molecule has 0 amide bonds. The summed E-state index contributed by atoms with van der Waals surface area (Å²) in [6.45, 7) is 5.87. The van der Waals surface area contributed by atoms with Crippen LogP contribution in [0.3, 0.4) is 0 Å². The zero-order valence-corrected chi connectivity index (χ0v) is 9.53. The molecule has 0 aromatic carbocycles. The normalized spacial score (nSPS) is 38.8. The van der Waals surface area contributed by atoms with Gasteiger partial charge in [-0.25, -0.2) is 0 Å². The Labute approximate surface area is 87.5 Å². The van der Waals surface area contributed by atoms with E-state index in [1.165, 1.54) is 25.0 Å². The molecule has 0 saturated carbocycles. The fourth-order valence-electron chi connectivity index (χ4n) is 2.78. The average molecular weight is 191 g/mol. The highest BCUT2D eigenvalue weighted by Gasteiger charge is 2.30. The van der Waals surface area contributed by atoms with Crippen molar-refractivity contribution >= 4 is 0 Å². The molecule has 1 heteroatoms. The summed E-state index contributed by atoms with van der Waals surface area (Å²) < 4.78 is 0. The predicted molar refractivity (Wildman–Crippen MR) is 61.2 cm³/mol. The number of nitrogens with zero attached hydrogens (tertiary/aromatic N) is 1. The van der Waals surface area contributed by atoms with Gasteiger partial charge >= 0.3 is 0 Å². The minimum Gasteiger partial charge on any atom is -0.299 e. The maximum atomic E-state index is 2.51. The largest absolute Gasteiger partial charge is 0.299 e. The van der Waals surface area contributed by atoms with Crippen molar-refractivity contribution in [3.8, 4) is 0 Å². The fraction of sp³-hybridized carbons (Fsp3) is 0.692. The Morgan fingerprint density at radius 1 is 1.43 bits per heavy atom. The lowest BCUT2D eigenvalue weighted by Crippen LogP contribution is -2.37. The van der Waals surface area contributed by atoms with Crippen LogP contribution in [0.2, 0.25) is 0 Å². The van der Waals surface area contributed by atoms with E-state index in [1.54, 1.807) is 0 Å². The van der Waals surface area contributed by atoms with Crippen LogP contribution in [0, 0.1) is 11.8 Å². The van der Waals surface area contributed by atoms with E-state index in [2.05, 4.69) is 44.0 Å². The standard InChI is InChI=1S/C13H21N/c1-10-6-7-13-12(9-10)11(2)5-4-8-14(13)3/h6-7,9,11-13H,4-5,8H2,1-3H3. The number of fused-ring (bicyclic) bond motifs is 1. The number of hydrogen-bond acceptors (Lipinski definition) is 1. The average Bonchev–Trinajstić information content (AvgIpc) is 2.28. The molecule has 3 atom stereocenters. The molecule has 1 nitrogen and oxygen atoms in total. The topological polar surface area (TPSA) is 3.24 Å². The number of rotatable bonds is 0. The van der Waals surface area contributed by atoms with Gasteiger partial charge in [0.15, 0.2) is 0 Å². The molecule has 0 N–H and O–H groups in total. The second kappa shape index (κ2) is 3.90. The summed E-state index contributed by atoms with van der Waals surface area (Å²) in [5.74, 6) is 1.58. The third-order valence-corrected chi connectivity index (χ3v) is 3.74. The van der Waals surface area contributed by atoms with Gasteiger partial charge in [0.05, 0.1) is 0 Å². The summed E-state index contributed by atoms with van der Waals surface area (Å²) in [6, 6.07) is 0.649. The van der Waals surface area contributed by atoms with Gasteiger partial charge < -0.3 is 0 Å². The Morgan fingerprint density at radius 3 is 3.00 bits per heavy atom. The number of allylic oxidation sites excluding steroid dienone is 2. The van der Waals surface area contributed by atoms with E-state index in [9.17, 15) is 0 Å². The van der Waals surface area contributed by atoms with Gasteiger partial charge in [0.25, 0.3) is 0 Å². The molecule has 0 radical (unpaired) electrons. The van der Waals surface area contributed by atoms with Gasteiger partial charge in [0.1, 0.15) is 0 Å². The third-order valence-electron chi connectivity index (χ3n) is 3.74. The van der Waals surface area contributed by atoms with Crippen molar-refractivity contribution < 1.29 is 0 Å². The van der Waals surface area contributed by atoms with Gasteiger partial charge in [-0.3, -0.25) is 4.90 Å². The molecule has 1 aliphatic carbocycles. The number of likely N-dealkylation sites (N-methyl/N-ethyl adjacent to an activating group) is 1. The van der Waals surface area contributed by atoms with Crippen LogP contribution >= 0.6 is 0 Å². The molecule has 78 valence electrons. The first-order chi connectivity index (χ1) is 6.68. The van der Waals surface area contributed by atoms with Gasteiger partial charge in [-0.15, -0.1) is 0 Å². The lowest BCUT2D eigenvalue weighted by Gasteiger charge is -2.33. The smallest absolute Gasteiger partial charge is 0.0343 e. The number of hydrogen-bond donors (Lipinski definition) is 0. The monoisotopic (exact) mass is 191 g/mol. The predicted octanol–water partition coefficient (Wildman–Crippen LogP) is 2.85. The van der Waals surface area contributed by atoms with Crippen molar-refractivity contribution in [3.05, 3.63) is 23.8 Å². The van der Waals surface area contributed by atoms with E-state index in [1.807, 2.05) is 0 Å². The molecule has 14 heavy (non-hydrogen) atoms. The molecule has 1 fully saturated rings. The van der Waals surface area contributed by atoms with Crippen molar-refractivity contribution in [1.82, 2.24) is 4.90 Å². The summed E-state index contributed by atoms with van der Waals surface area (Å²) in [7, 11) is 2.26. The van der Waals surface area contributed by atoms with Crippen LogP contribution < -0.4 is 0 Å². The van der Waals surface area contributed by atoms with Crippen LogP contribution in [0.4, 0.5) is 0 Å². The van der Waals surface area contributed by atoms with Crippen molar-refractivity contribution in [1.29, 1.82) is 0 Å². The molecule has 0 aromatic heterocycles. The van der Waals surface area contributed by atoms with E-state index < -0.39 is 0 Å². The first kappa shape index (κ1) is 9.97. The van der Waals surface area contributed by atoms with Gasteiger partial charge in [0, 0.05) is 6.04 Å². The van der Waals surface area contributed by atoms with Crippen LogP contribution in [0.1, 0.15) is 26.7 Å². The fourth-order valence-corrected chi connectivity index (χ4v) is 2.78. The van der Waals surface area contributed by atoms with Crippen LogP contribution in [0.25, 0.3) is 0 Å². The summed E-state index contributed by atoms with van der Waals surface area (Å²) in [6.07, 6.45) is 9.86. The highest BCUT2D eigenvalue weighted by atomic mass is 15.1. The maximum Gasteiger partial charge on any atom is 0.0343 e. The lowest BCUT2D eigenvalue weighted by molar-refractivity contribution is 0.235. The second-order valence-corrected chi connectivity index (χ2v) is 4.94. The highest BCUT2D eigenvalue weighted by molar-refractivity contribution is 5.26. The van der Waals surface area contributed by atoms with Crippen molar-refractivity contribution in [2.24, 2.45) is 11.8 Å². The van der Waals surface area contributed by atoms with Crippen molar-refractivity contribution in [3.63, 3.8) is 0 Å². The van der Waals surface area contributed by atoms with E-state index in [0.29, 0.717) is 6.04 Å². The molecule has 1 heterocycles. The van der Waals surface area contributed by atoms with Gasteiger partial charge in [-0.05, 0) is 45.2 Å². The summed E-state index contributed by atoms with van der Waals surface area (Å²) in [4.78, 5) is 2.51. The Morgan fingerprint density at radius 2 is 2.21 bits per heavy atom. The summed E-state index contributed by atoms with van der Waals surface area (Å²) in [5.41, 5.74) is 1.44. The Hall–Kier alpha value is -0.560. The van der Waals surface area contributed by atoms with Crippen LogP contribution in [0.15, 0.2) is 23.8 Å². The van der Waals surface area contributed by atoms with Crippen molar-refractivity contribution in [2.45, 2.75) is 32.7 Å². The molecule has 1 aliphatic heterocycles. The first-order valence-corrected chi connectivity index (χ1v) is 5.75. The summed E-state index contributed by atoms with van der Waals surface area (Å²) >= 11 is 0. The van der Waals surface area contributed by atoms with Gasteiger partial charge in [-0.2, -0.15) is 0 Å². The van der Waals surface area contributed by atoms with Crippen LogP contribution in [-0.4, -0.2) is 24.5 Å². The Bertz CT molecular complexity index is 264. The zero-order valence-electron chi connectivity index (χ0n) is 9.53. The maximum absolute atomic E-state index is 2.51. The molecule has 1 saturated heterocycles. The molecule has 2 aliphatic rings. The minimum atomic E-state index is 0.649. The molecule has 3 unspecified atom stereocenters. The first-order valence-electron chi connectivity index (χ1n) is 5.75. The van der Waals surface area contributed by atoms with Gasteiger partial charge in [-0.1, -0.05) is 30.7 Å². The van der Waals surface area contributed by atoms with E-state index in [0.717, 1.165) is 11.8 Å². The van der Waals surface area contributed by atoms with Gasteiger partial charge in [0.2, 0.25) is 0 Å². The molecule has 0 aromatic rings. The molecule has 0 spiro atoms. The quantitative estimate of drug-likeness (QED) is 0.569. The Kier molecular flexibility index (Phi) is 2.78. The SMILES string of the molecule is CC1=CC2C(C)CCCN(C)C2C=C1. The summed E-state index contributed by atoms with van der Waals surface area (Å²) in [5, 5.41) is 0. The second-order valence-electron chi connectivity index (χ2n) is 4.94. The van der Waals surface area contributed by atoms with Crippen LogP contribution in [0.5, 0.6) is 0 Å². The van der Waals surface area contributed by atoms with Crippen LogP contribution in [-0.2, 0) is 0 Å². The number of likely N-dealkylation sites (tertiary alicyclic amines) is 1. The Balaban J connectivity index is 2.24. The molecule has 0 bridgehead atoms.